The lowest BCUT2D eigenvalue weighted by Crippen LogP contribution is -2.58. The van der Waals surface area contributed by atoms with Gasteiger partial charge in [0, 0.05) is 31.7 Å². The smallest absolute Gasteiger partial charge is 0.0483 e. The van der Waals surface area contributed by atoms with Crippen LogP contribution in [-0.2, 0) is 0 Å². The lowest BCUT2D eigenvalue weighted by molar-refractivity contribution is 0.0591. The minimum absolute atomic E-state index is 0.697. The highest BCUT2D eigenvalue weighted by atomic mass is 15.3. The molecule has 3 rings (SSSR count). The molecule has 0 saturated carbocycles. The predicted octanol–water partition coefficient (Wildman–Crippen LogP) is 1.61. The van der Waals surface area contributed by atoms with E-state index in [9.17, 15) is 0 Å². The zero-order chi connectivity index (χ0) is 9.38. The van der Waals surface area contributed by atoms with Gasteiger partial charge in [-0.3, -0.25) is 4.90 Å². The van der Waals surface area contributed by atoms with Gasteiger partial charge in [-0.05, 0) is 25.5 Å². The first-order valence-electron chi connectivity index (χ1n) is 5.78. The van der Waals surface area contributed by atoms with Crippen molar-refractivity contribution < 1.29 is 0 Å². The maximum atomic E-state index is 2.65. The fraction of sp³-hybridized carbons (Fsp3) is 0.667. The molecular formula is C12H18N2. The first-order chi connectivity index (χ1) is 6.95. The van der Waals surface area contributed by atoms with Crippen LogP contribution in [0.2, 0.25) is 0 Å². The van der Waals surface area contributed by atoms with Crippen molar-refractivity contribution in [3.63, 3.8) is 0 Å². The van der Waals surface area contributed by atoms with Crippen LogP contribution in [0.4, 0.5) is 0 Å². The van der Waals surface area contributed by atoms with Crippen LogP contribution in [0.15, 0.2) is 24.4 Å². The van der Waals surface area contributed by atoms with Gasteiger partial charge in [0.15, 0.2) is 0 Å². The number of nitrogens with zero attached hydrogens (tertiary/aromatic N) is 2. The van der Waals surface area contributed by atoms with Gasteiger partial charge < -0.3 is 4.90 Å². The van der Waals surface area contributed by atoms with Crippen LogP contribution in [0.5, 0.6) is 0 Å². The normalized spacial score (nSPS) is 36.7. The number of fused-ring (bicyclic) bond motifs is 3. The van der Waals surface area contributed by atoms with Crippen molar-refractivity contribution in [1.29, 1.82) is 0 Å². The van der Waals surface area contributed by atoms with E-state index in [1.807, 2.05) is 0 Å². The van der Waals surface area contributed by atoms with E-state index in [0.29, 0.717) is 6.04 Å². The van der Waals surface area contributed by atoms with E-state index in [2.05, 4.69) is 34.2 Å². The summed E-state index contributed by atoms with van der Waals surface area (Å²) in [5.41, 5.74) is 0. The molecule has 0 amide bonds. The summed E-state index contributed by atoms with van der Waals surface area (Å²) in [5, 5.41) is 0. The highest BCUT2D eigenvalue weighted by molar-refractivity contribution is 5.11. The van der Waals surface area contributed by atoms with Crippen molar-refractivity contribution in [3.05, 3.63) is 24.4 Å². The van der Waals surface area contributed by atoms with Crippen molar-refractivity contribution in [2.75, 3.05) is 19.6 Å². The second kappa shape index (κ2) is 3.43. The molecule has 3 aliphatic heterocycles. The molecule has 0 aromatic rings. The maximum Gasteiger partial charge on any atom is 0.0483 e. The standard InChI is InChI=1S/C12H18N2/c1-3-7-13-9-10-14-8-4-2-6-12(14)11(13)5-1/h1,4-5,8,11-12H,2-3,6-7,9-10H2. The Morgan fingerprint density at radius 2 is 2.00 bits per heavy atom. The third-order valence-electron chi connectivity index (χ3n) is 3.73. The Morgan fingerprint density at radius 3 is 3.00 bits per heavy atom. The summed E-state index contributed by atoms with van der Waals surface area (Å²) in [4.78, 5) is 5.20. The molecule has 3 heterocycles. The first kappa shape index (κ1) is 8.54. The molecular weight excluding hydrogens is 172 g/mol. The number of piperazine rings is 1. The molecule has 2 nitrogen and oxygen atoms in total. The topological polar surface area (TPSA) is 6.48 Å². The predicted molar refractivity (Wildman–Crippen MR) is 58.0 cm³/mol. The van der Waals surface area contributed by atoms with E-state index in [1.165, 1.54) is 38.9 Å². The Hall–Kier alpha value is -0.760. The molecule has 2 heteroatoms. The Kier molecular flexibility index (Phi) is 2.09. The van der Waals surface area contributed by atoms with Crippen molar-refractivity contribution in [1.82, 2.24) is 9.80 Å². The number of hydrogen-bond donors (Lipinski definition) is 0. The highest BCUT2D eigenvalue weighted by Gasteiger charge is 2.34. The van der Waals surface area contributed by atoms with Gasteiger partial charge in [0.2, 0.25) is 0 Å². The van der Waals surface area contributed by atoms with E-state index in [4.69, 9.17) is 0 Å². The zero-order valence-corrected chi connectivity index (χ0v) is 8.60. The Balaban J connectivity index is 1.85. The lowest BCUT2D eigenvalue weighted by Gasteiger charge is -2.49. The fourth-order valence-electron chi connectivity index (χ4n) is 2.98. The Labute approximate surface area is 85.9 Å². The Morgan fingerprint density at radius 1 is 1.00 bits per heavy atom. The lowest BCUT2D eigenvalue weighted by atomic mass is 9.92. The molecule has 76 valence electrons. The van der Waals surface area contributed by atoms with Gasteiger partial charge in [0.1, 0.15) is 0 Å². The number of hydrogen-bond acceptors (Lipinski definition) is 2. The molecule has 0 aliphatic carbocycles. The fourth-order valence-corrected chi connectivity index (χ4v) is 2.98. The van der Waals surface area contributed by atoms with E-state index in [-0.39, 0.29) is 0 Å². The third-order valence-corrected chi connectivity index (χ3v) is 3.73. The molecule has 0 N–H and O–H groups in total. The van der Waals surface area contributed by atoms with Crippen LogP contribution >= 0.6 is 0 Å². The molecule has 0 aromatic heterocycles. The average molecular weight is 190 g/mol. The minimum Gasteiger partial charge on any atom is -0.372 e. The summed E-state index contributed by atoms with van der Waals surface area (Å²) in [6.07, 6.45) is 13.3. The van der Waals surface area contributed by atoms with Gasteiger partial charge in [-0.25, -0.2) is 0 Å². The van der Waals surface area contributed by atoms with Crippen molar-refractivity contribution >= 4 is 0 Å². The highest BCUT2D eigenvalue weighted by Crippen LogP contribution is 2.27. The summed E-state index contributed by atoms with van der Waals surface area (Å²) in [6, 6.07) is 1.45. The molecule has 2 atom stereocenters. The Bertz CT molecular complexity index is 269. The van der Waals surface area contributed by atoms with Gasteiger partial charge in [0.05, 0.1) is 0 Å². The van der Waals surface area contributed by atoms with Crippen LogP contribution in [-0.4, -0.2) is 41.5 Å². The molecule has 14 heavy (non-hydrogen) atoms. The zero-order valence-electron chi connectivity index (χ0n) is 8.60. The average Bonchev–Trinajstić information content (AvgIpc) is 2.29. The second-order valence-corrected chi connectivity index (χ2v) is 4.51. The molecule has 3 aliphatic rings. The van der Waals surface area contributed by atoms with E-state index >= 15 is 0 Å². The molecule has 0 aromatic carbocycles. The third kappa shape index (κ3) is 1.29. The van der Waals surface area contributed by atoms with Gasteiger partial charge >= 0.3 is 0 Å². The van der Waals surface area contributed by atoms with E-state index in [0.717, 1.165) is 6.04 Å². The second-order valence-electron chi connectivity index (χ2n) is 4.51. The van der Waals surface area contributed by atoms with Gasteiger partial charge in [-0.2, -0.15) is 0 Å². The van der Waals surface area contributed by atoms with Crippen LogP contribution in [0.25, 0.3) is 0 Å². The van der Waals surface area contributed by atoms with Crippen molar-refractivity contribution in [2.24, 2.45) is 0 Å². The number of allylic oxidation sites excluding steroid dienone is 1. The molecule has 0 bridgehead atoms. The van der Waals surface area contributed by atoms with Crippen LogP contribution < -0.4 is 0 Å². The van der Waals surface area contributed by atoms with Gasteiger partial charge in [0.25, 0.3) is 0 Å². The summed E-state index contributed by atoms with van der Waals surface area (Å²) >= 11 is 0. The molecule has 0 spiro atoms. The molecule has 2 unspecified atom stereocenters. The van der Waals surface area contributed by atoms with Gasteiger partial charge in [-0.15, -0.1) is 0 Å². The van der Waals surface area contributed by atoms with Crippen LogP contribution in [0.1, 0.15) is 19.3 Å². The van der Waals surface area contributed by atoms with E-state index < -0.39 is 0 Å². The molecule has 1 fully saturated rings. The minimum atomic E-state index is 0.697. The van der Waals surface area contributed by atoms with Crippen LogP contribution in [0, 0.1) is 0 Å². The van der Waals surface area contributed by atoms with Crippen LogP contribution in [0.3, 0.4) is 0 Å². The number of rotatable bonds is 0. The van der Waals surface area contributed by atoms with Crippen molar-refractivity contribution in [2.45, 2.75) is 31.3 Å². The van der Waals surface area contributed by atoms with Crippen molar-refractivity contribution in [3.8, 4) is 0 Å². The quantitative estimate of drug-likeness (QED) is 0.535. The first-order valence-corrected chi connectivity index (χ1v) is 5.78. The van der Waals surface area contributed by atoms with Gasteiger partial charge in [-0.1, -0.05) is 18.2 Å². The van der Waals surface area contributed by atoms with E-state index in [1.54, 1.807) is 0 Å². The monoisotopic (exact) mass is 190 g/mol. The SMILES string of the molecule is C1=CN2CCN3CCC=CC3C2CC1. The maximum absolute atomic E-state index is 2.65. The largest absolute Gasteiger partial charge is 0.372 e. The molecule has 0 radical (unpaired) electrons. The summed E-state index contributed by atoms with van der Waals surface area (Å²) in [6.45, 7) is 3.75. The summed E-state index contributed by atoms with van der Waals surface area (Å²) in [5.74, 6) is 0. The molecule has 1 saturated heterocycles. The summed E-state index contributed by atoms with van der Waals surface area (Å²) < 4.78 is 0. The summed E-state index contributed by atoms with van der Waals surface area (Å²) in [7, 11) is 0.